The molecule has 1 aromatic heterocycles. The zero-order valence-electron chi connectivity index (χ0n) is 17.2. The van der Waals surface area contributed by atoms with Crippen LogP contribution in [0.3, 0.4) is 0 Å². The second kappa shape index (κ2) is 9.78. The molecule has 1 saturated heterocycles. The molecule has 1 amide bonds. The highest BCUT2D eigenvalue weighted by Crippen LogP contribution is 2.32. The number of sulfonamides is 1. The zero-order chi connectivity index (χ0) is 21.8. The standard InChI is InChI=1S/C21H27ClN2O4S2/c1-3-21(4-2,16-5-7-17(22)8-6-16)15-23-20(25)19-18(9-14-29-19)30(26,27)24-10-12-28-13-11-24/h5-9,14H,3-4,10-13,15H2,1-2H3,(H,23,25). The second-order valence-electron chi connectivity index (χ2n) is 7.31. The molecule has 0 bridgehead atoms. The van der Waals surface area contributed by atoms with E-state index >= 15 is 0 Å². The van der Waals surface area contributed by atoms with Gasteiger partial charge in [0.1, 0.15) is 9.77 Å². The van der Waals surface area contributed by atoms with Crippen LogP contribution in [0.2, 0.25) is 5.02 Å². The van der Waals surface area contributed by atoms with Crippen molar-refractivity contribution < 1.29 is 17.9 Å². The van der Waals surface area contributed by atoms with E-state index in [9.17, 15) is 13.2 Å². The molecule has 9 heteroatoms. The van der Waals surface area contributed by atoms with Gasteiger partial charge in [-0.15, -0.1) is 11.3 Å². The van der Waals surface area contributed by atoms with Gasteiger partial charge in [0.05, 0.1) is 13.2 Å². The van der Waals surface area contributed by atoms with Gasteiger partial charge in [-0.25, -0.2) is 8.42 Å². The van der Waals surface area contributed by atoms with E-state index in [1.54, 1.807) is 5.38 Å². The van der Waals surface area contributed by atoms with Crippen molar-refractivity contribution in [1.29, 1.82) is 0 Å². The lowest BCUT2D eigenvalue weighted by molar-refractivity contribution is 0.0730. The molecule has 1 aliphatic rings. The Kier molecular flexibility index (Phi) is 7.57. The molecule has 2 heterocycles. The van der Waals surface area contributed by atoms with Gasteiger partial charge >= 0.3 is 0 Å². The number of morpholine rings is 1. The Morgan fingerprint density at radius 3 is 2.40 bits per heavy atom. The second-order valence-corrected chi connectivity index (χ2v) is 10.6. The molecule has 1 aromatic carbocycles. The fourth-order valence-electron chi connectivity index (χ4n) is 3.74. The van der Waals surface area contributed by atoms with Crippen molar-refractivity contribution in [2.24, 2.45) is 0 Å². The normalized spacial score (nSPS) is 15.8. The summed E-state index contributed by atoms with van der Waals surface area (Å²) < 4.78 is 32.7. The van der Waals surface area contributed by atoms with Gasteiger partial charge in [-0.1, -0.05) is 37.6 Å². The van der Waals surface area contributed by atoms with Crippen LogP contribution in [0.1, 0.15) is 41.9 Å². The minimum Gasteiger partial charge on any atom is -0.379 e. The third-order valence-corrected chi connectivity index (χ3v) is 9.06. The Morgan fingerprint density at radius 1 is 1.17 bits per heavy atom. The van der Waals surface area contributed by atoms with Gasteiger partial charge in [-0.2, -0.15) is 4.31 Å². The summed E-state index contributed by atoms with van der Waals surface area (Å²) in [6.07, 6.45) is 1.66. The largest absolute Gasteiger partial charge is 0.379 e. The maximum Gasteiger partial charge on any atom is 0.262 e. The summed E-state index contributed by atoms with van der Waals surface area (Å²) in [5.74, 6) is -0.364. The molecule has 164 valence electrons. The molecule has 3 rings (SSSR count). The van der Waals surface area contributed by atoms with Crippen LogP contribution in [0.25, 0.3) is 0 Å². The molecule has 1 N–H and O–H groups in total. The minimum atomic E-state index is -3.73. The van der Waals surface area contributed by atoms with Gasteiger partial charge in [-0.05, 0) is 42.0 Å². The molecule has 0 unspecified atom stereocenters. The number of nitrogens with one attached hydrogen (secondary N) is 1. The van der Waals surface area contributed by atoms with E-state index in [0.717, 1.165) is 29.7 Å². The molecule has 2 aromatic rings. The van der Waals surface area contributed by atoms with Gasteiger partial charge in [0.25, 0.3) is 5.91 Å². The third kappa shape index (κ3) is 4.73. The van der Waals surface area contributed by atoms with E-state index < -0.39 is 10.0 Å². The average molecular weight is 471 g/mol. The predicted molar refractivity (Wildman–Crippen MR) is 120 cm³/mol. The van der Waals surface area contributed by atoms with Crippen molar-refractivity contribution in [2.45, 2.75) is 37.0 Å². The van der Waals surface area contributed by atoms with Crippen LogP contribution in [0, 0.1) is 0 Å². The lowest BCUT2D eigenvalue weighted by Gasteiger charge is -2.32. The first kappa shape index (κ1) is 23.2. The maximum atomic E-state index is 13.0. The molecule has 1 fully saturated rings. The lowest BCUT2D eigenvalue weighted by Crippen LogP contribution is -2.42. The van der Waals surface area contributed by atoms with Crippen molar-refractivity contribution in [2.75, 3.05) is 32.8 Å². The smallest absolute Gasteiger partial charge is 0.262 e. The molecule has 0 radical (unpaired) electrons. The summed E-state index contributed by atoms with van der Waals surface area (Å²) in [4.78, 5) is 13.3. The number of halogens is 1. The number of nitrogens with zero attached hydrogens (tertiary/aromatic N) is 1. The molecule has 6 nitrogen and oxygen atoms in total. The number of rotatable bonds is 8. The minimum absolute atomic E-state index is 0.0667. The monoisotopic (exact) mass is 470 g/mol. The number of carbonyl (C=O) groups excluding carboxylic acids is 1. The van der Waals surface area contributed by atoms with Crippen LogP contribution in [0.4, 0.5) is 0 Å². The molecule has 0 spiro atoms. The SMILES string of the molecule is CCC(CC)(CNC(=O)c1sccc1S(=O)(=O)N1CCOCC1)c1ccc(Cl)cc1. The Bertz CT molecular complexity index is 963. The predicted octanol–water partition coefficient (Wildman–Crippen LogP) is 3.91. The summed E-state index contributed by atoms with van der Waals surface area (Å²) in [5.41, 5.74) is 0.852. The fourth-order valence-corrected chi connectivity index (χ4v) is 6.59. The Balaban J connectivity index is 1.79. The van der Waals surface area contributed by atoms with E-state index in [2.05, 4.69) is 19.2 Å². The van der Waals surface area contributed by atoms with Gasteiger partial charge in [0.15, 0.2) is 0 Å². The molecule has 0 aliphatic carbocycles. The summed E-state index contributed by atoms with van der Waals surface area (Å²) in [7, 11) is -3.73. The van der Waals surface area contributed by atoms with Crippen molar-refractivity contribution in [3.8, 4) is 0 Å². The van der Waals surface area contributed by atoms with Gasteiger partial charge in [-0.3, -0.25) is 4.79 Å². The number of benzene rings is 1. The summed E-state index contributed by atoms with van der Waals surface area (Å²) in [6, 6.07) is 9.19. The maximum absolute atomic E-state index is 13.0. The van der Waals surface area contributed by atoms with Crippen LogP contribution in [-0.2, 0) is 20.2 Å². The number of hydrogen-bond donors (Lipinski definition) is 1. The third-order valence-electron chi connectivity index (χ3n) is 5.82. The molecule has 0 saturated carbocycles. The highest BCUT2D eigenvalue weighted by molar-refractivity contribution is 7.89. The molecule has 1 aliphatic heterocycles. The highest BCUT2D eigenvalue weighted by atomic mass is 35.5. The van der Waals surface area contributed by atoms with Crippen molar-refractivity contribution >= 4 is 38.9 Å². The quantitative estimate of drug-likeness (QED) is 0.634. The molecular weight excluding hydrogens is 444 g/mol. The first-order chi connectivity index (χ1) is 14.3. The van der Waals surface area contributed by atoms with Crippen LogP contribution in [-0.4, -0.2) is 51.5 Å². The van der Waals surface area contributed by atoms with Crippen molar-refractivity contribution in [1.82, 2.24) is 9.62 Å². The summed E-state index contributed by atoms with van der Waals surface area (Å²) in [5, 5.41) is 5.30. The fraction of sp³-hybridized carbons (Fsp3) is 0.476. The van der Waals surface area contributed by atoms with Gasteiger partial charge in [0, 0.05) is 30.1 Å². The Morgan fingerprint density at radius 2 is 1.80 bits per heavy atom. The van der Waals surface area contributed by atoms with Gasteiger partial charge in [0.2, 0.25) is 10.0 Å². The van der Waals surface area contributed by atoms with E-state index in [1.807, 2.05) is 24.3 Å². The first-order valence-electron chi connectivity index (χ1n) is 10.0. The van der Waals surface area contributed by atoms with Crippen molar-refractivity contribution in [3.05, 3.63) is 51.2 Å². The number of carbonyl (C=O) groups is 1. The first-order valence-corrected chi connectivity index (χ1v) is 12.7. The number of hydrogen-bond acceptors (Lipinski definition) is 5. The summed E-state index contributed by atoms with van der Waals surface area (Å²) in [6.45, 7) is 5.90. The van der Waals surface area contributed by atoms with Crippen LogP contribution < -0.4 is 5.32 Å². The van der Waals surface area contributed by atoms with E-state index in [-0.39, 0.29) is 21.1 Å². The van der Waals surface area contributed by atoms with Gasteiger partial charge < -0.3 is 10.1 Å². The Labute approximate surface area is 187 Å². The van der Waals surface area contributed by atoms with Crippen molar-refractivity contribution in [3.63, 3.8) is 0 Å². The average Bonchev–Trinajstić information content (AvgIpc) is 3.27. The van der Waals surface area contributed by atoms with E-state index in [1.165, 1.54) is 10.4 Å². The van der Waals surface area contributed by atoms with Crippen LogP contribution in [0.15, 0.2) is 40.6 Å². The van der Waals surface area contributed by atoms with E-state index in [4.69, 9.17) is 16.3 Å². The van der Waals surface area contributed by atoms with Crippen LogP contribution >= 0.6 is 22.9 Å². The van der Waals surface area contributed by atoms with E-state index in [0.29, 0.717) is 37.9 Å². The van der Waals surface area contributed by atoms with Crippen LogP contribution in [0.5, 0.6) is 0 Å². The topological polar surface area (TPSA) is 75.7 Å². The number of amides is 1. The molecule has 30 heavy (non-hydrogen) atoms. The molecule has 0 atom stereocenters. The zero-order valence-corrected chi connectivity index (χ0v) is 19.6. The molecular formula is C21H27ClN2O4S2. The highest BCUT2D eigenvalue weighted by Gasteiger charge is 2.33. The Hall–Kier alpha value is -1.45. The summed E-state index contributed by atoms with van der Waals surface area (Å²) >= 11 is 7.18. The number of ether oxygens (including phenoxy) is 1. The number of thiophene rings is 1. The lowest BCUT2D eigenvalue weighted by atomic mass is 9.76.